The number of esters is 1. The van der Waals surface area contributed by atoms with Gasteiger partial charge in [-0.3, -0.25) is 4.79 Å². The number of aryl methyl sites for hydroxylation is 1. The SMILES string of the molecule is C=C.C=C(/C=C\CF)COC(=O)N(CC)Cc1ccc(C)cc1-c1cc(CC(=O)OCC)ccc1OC. The van der Waals surface area contributed by atoms with E-state index in [4.69, 9.17) is 14.2 Å². The normalized spacial score (nSPS) is 10.3. The van der Waals surface area contributed by atoms with Crippen molar-refractivity contribution in [2.24, 2.45) is 0 Å². The molecule has 2 rings (SSSR count). The first-order valence-corrected chi connectivity index (χ1v) is 12.1. The minimum Gasteiger partial charge on any atom is -0.496 e. The molecule has 0 radical (unpaired) electrons. The molecule has 0 aromatic heterocycles. The van der Waals surface area contributed by atoms with Crippen LogP contribution < -0.4 is 4.74 Å². The molecular weight excluding hydrogens is 473 g/mol. The number of carbonyl (C=O) groups excluding carboxylic acids is 2. The number of halogens is 1. The van der Waals surface area contributed by atoms with Crippen LogP contribution in [0, 0.1) is 6.92 Å². The van der Waals surface area contributed by atoms with Gasteiger partial charge in [-0.1, -0.05) is 48.6 Å². The largest absolute Gasteiger partial charge is 0.496 e. The van der Waals surface area contributed by atoms with Crippen molar-refractivity contribution >= 4 is 12.1 Å². The van der Waals surface area contributed by atoms with E-state index in [1.54, 1.807) is 18.9 Å². The van der Waals surface area contributed by atoms with Crippen LogP contribution in [-0.2, 0) is 27.2 Å². The lowest BCUT2D eigenvalue weighted by atomic mass is 9.94. The lowest BCUT2D eigenvalue weighted by Crippen LogP contribution is -2.31. The summed E-state index contributed by atoms with van der Waals surface area (Å²) in [4.78, 5) is 26.3. The van der Waals surface area contributed by atoms with Crippen LogP contribution >= 0.6 is 0 Å². The van der Waals surface area contributed by atoms with E-state index >= 15 is 0 Å². The first kappa shape index (κ1) is 31.2. The summed E-state index contributed by atoms with van der Waals surface area (Å²) < 4.78 is 28.3. The molecule has 0 aliphatic carbocycles. The highest BCUT2D eigenvalue weighted by molar-refractivity contribution is 5.78. The van der Waals surface area contributed by atoms with Gasteiger partial charge in [0.2, 0.25) is 0 Å². The second kappa shape index (κ2) is 16.7. The number of alkyl halides is 1. The van der Waals surface area contributed by atoms with Gasteiger partial charge in [-0.15, -0.1) is 13.2 Å². The Labute approximate surface area is 220 Å². The molecule has 0 saturated carbocycles. The fraction of sp³-hybridized carbons (Fsp3) is 0.333. The highest BCUT2D eigenvalue weighted by Crippen LogP contribution is 2.35. The van der Waals surface area contributed by atoms with Gasteiger partial charge in [0.1, 0.15) is 19.0 Å². The molecule has 0 bridgehead atoms. The maximum Gasteiger partial charge on any atom is 0.410 e. The van der Waals surface area contributed by atoms with Crippen molar-refractivity contribution in [2.75, 3.05) is 33.5 Å². The molecular formula is C30H38FNO5. The van der Waals surface area contributed by atoms with E-state index in [0.717, 1.165) is 27.8 Å². The summed E-state index contributed by atoms with van der Waals surface area (Å²) in [7, 11) is 1.60. The van der Waals surface area contributed by atoms with Crippen LogP contribution in [0.3, 0.4) is 0 Å². The van der Waals surface area contributed by atoms with Gasteiger partial charge < -0.3 is 19.1 Å². The van der Waals surface area contributed by atoms with E-state index in [-0.39, 0.29) is 19.0 Å². The van der Waals surface area contributed by atoms with Crippen molar-refractivity contribution in [3.8, 4) is 16.9 Å². The lowest BCUT2D eigenvalue weighted by Gasteiger charge is -2.23. The molecule has 7 heteroatoms. The van der Waals surface area contributed by atoms with E-state index in [0.29, 0.717) is 31.0 Å². The summed E-state index contributed by atoms with van der Waals surface area (Å²) in [6.45, 7) is 15.8. The third-order valence-electron chi connectivity index (χ3n) is 5.30. The number of nitrogens with zero attached hydrogens (tertiary/aromatic N) is 1. The van der Waals surface area contributed by atoms with Gasteiger partial charge >= 0.3 is 12.1 Å². The predicted molar refractivity (Wildman–Crippen MR) is 146 cm³/mol. The maximum absolute atomic E-state index is 12.7. The van der Waals surface area contributed by atoms with E-state index in [1.165, 1.54) is 12.2 Å². The molecule has 0 unspecified atom stereocenters. The van der Waals surface area contributed by atoms with Crippen molar-refractivity contribution in [3.63, 3.8) is 0 Å². The van der Waals surface area contributed by atoms with Crippen molar-refractivity contribution in [1.29, 1.82) is 0 Å². The topological polar surface area (TPSA) is 65.1 Å². The zero-order valence-electron chi connectivity index (χ0n) is 22.3. The number of amides is 1. The standard InChI is InChI=1S/C28H34FNO5.C2H4/c1-6-30(28(32)35-19-21(4)9-8-14-29)18-23-12-10-20(3)15-24(23)25-16-22(11-13-26(25)33-5)17-27(31)34-7-2;1-2/h8-13,15-16H,4,6-7,14,17-19H2,1-3,5H3;1-2H2/b9-8-;. The van der Waals surface area contributed by atoms with Crippen LogP contribution in [0.1, 0.15) is 30.5 Å². The van der Waals surface area contributed by atoms with Gasteiger partial charge in [0, 0.05) is 18.7 Å². The number of methoxy groups -OCH3 is 1. The minimum atomic E-state index is -0.602. The smallest absolute Gasteiger partial charge is 0.410 e. The van der Waals surface area contributed by atoms with Gasteiger partial charge in [-0.25, -0.2) is 9.18 Å². The van der Waals surface area contributed by atoms with Crippen LogP contribution in [0.2, 0.25) is 0 Å². The Hall–Kier alpha value is -3.87. The highest BCUT2D eigenvalue weighted by Gasteiger charge is 2.19. The number of hydrogen-bond donors (Lipinski definition) is 0. The van der Waals surface area contributed by atoms with E-state index < -0.39 is 12.8 Å². The molecule has 0 heterocycles. The molecule has 2 aromatic carbocycles. The summed E-state index contributed by atoms with van der Waals surface area (Å²) in [6.07, 6.45) is 2.48. The first-order valence-electron chi connectivity index (χ1n) is 12.1. The van der Waals surface area contributed by atoms with Gasteiger partial charge in [0.15, 0.2) is 0 Å². The number of benzene rings is 2. The lowest BCUT2D eigenvalue weighted by molar-refractivity contribution is -0.142. The summed E-state index contributed by atoms with van der Waals surface area (Å²) in [5.74, 6) is 0.363. The minimum absolute atomic E-state index is 0.0175. The van der Waals surface area contributed by atoms with Crippen molar-refractivity contribution in [1.82, 2.24) is 4.90 Å². The Bertz CT molecular complexity index is 1080. The number of ether oxygens (including phenoxy) is 3. The van der Waals surface area contributed by atoms with Crippen molar-refractivity contribution in [3.05, 3.63) is 90.6 Å². The fourth-order valence-electron chi connectivity index (χ4n) is 3.55. The monoisotopic (exact) mass is 511 g/mol. The van der Waals surface area contributed by atoms with Crippen LogP contribution in [0.15, 0.2) is 73.9 Å². The molecule has 0 saturated heterocycles. The van der Waals surface area contributed by atoms with Crippen LogP contribution in [-0.4, -0.2) is 50.5 Å². The molecule has 6 nitrogen and oxygen atoms in total. The Balaban J connectivity index is 0.00000334. The quantitative estimate of drug-likeness (QED) is 0.182. The summed E-state index contributed by atoms with van der Waals surface area (Å²) in [6, 6.07) is 11.6. The van der Waals surface area contributed by atoms with Gasteiger partial charge in [-0.05, 0) is 55.2 Å². The zero-order chi connectivity index (χ0) is 27.8. The van der Waals surface area contributed by atoms with Crippen molar-refractivity contribution < 1.29 is 28.2 Å². The molecule has 0 spiro atoms. The molecule has 0 fully saturated rings. The van der Waals surface area contributed by atoms with E-state index in [9.17, 15) is 14.0 Å². The third-order valence-corrected chi connectivity index (χ3v) is 5.30. The molecule has 0 N–H and O–H groups in total. The average Bonchev–Trinajstić information content (AvgIpc) is 2.91. The Morgan fingerprint density at radius 3 is 2.41 bits per heavy atom. The number of carbonyl (C=O) groups is 2. The molecule has 0 aliphatic rings. The van der Waals surface area contributed by atoms with E-state index in [1.807, 2.05) is 50.2 Å². The molecule has 0 atom stereocenters. The predicted octanol–water partition coefficient (Wildman–Crippen LogP) is 6.62. The molecule has 2 aromatic rings. The van der Waals surface area contributed by atoms with Crippen LogP contribution in [0.4, 0.5) is 9.18 Å². The zero-order valence-corrected chi connectivity index (χ0v) is 22.3. The summed E-state index contributed by atoms with van der Waals surface area (Å²) in [5.41, 5.74) is 4.97. The Kier molecular flexibility index (Phi) is 14.1. The van der Waals surface area contributed by atoms with Gasteiger partial charge in [0.25, 0.3) is 0 Å². The third kappa shape index (κ3) is 9.95. The summed E-state index contributed by atoms with van der Waals surface area (Å²) in [5, 5.41) is 0. The highest BCUT2D eigenvalue weighted by atomic mass is 19.1. The summed E-state index contributed by atoms with van der Waals surface area (Å²) >= 11 is 0. The van der Waals surface area contributed by atoms with Crippen LogP contribution in [0.5, 0.6) is 5.75 Å². The second-order valence-electron chi connectivity index (χ2n) is 7.96. The van der Waals surface area contributed by atoms with Crippen LogP contribution in [0.25, 0.3) is 11.1 Å². The Morgan fingerprint density at radius 1 is 1.05 bits per heavy atom. The average molecular weight is 512 g/mol. The molecule has 200 valence electrons. The fourth-order valence-corrected chi connectivity index (χ4v) is 3.55. The molecule has 0 aliphatic heterocycles. The van der Waals surface area contributed by atoms with Gasteiger partial charge in [-0.2, -0.15) is 0 Å². The molecule has 37 heavy (non-hydrogen) atoms. The molecule has 1 amide bonds. The van der Waals surface area contributed by atoms with E-state index in [2.05, 4.69) is 19.7 Å². The van der Waals surface area contributed by atoms with Gasteiger partial charge in [0.05, 0.1) is 20.1 Å². The number of hydrogen-bond acceptors (Lipinski definition) is 5. The first-order chi connectivity index (χ1) is 17.8. The number of rotatable bonds is 12. The number of allylic oxidation sites excluding steroid dienone is 1. The maximum atomic E-state index is 12.7. The second-order valence-corrected chi connectivity index (χ2v) is 7.96. The van der Waals surface area contributed by atoms with Crippen molar-refractivity contribution in [2.45, 2.75) is 33.7 Å². The Morgan fingerprint density at radius 2 is 1.78 bits per heavy atom.